The minimum absolute atomic E-state index is 0.0752. The normalized spacial score (nSPS) is 15.4. The summed E-state index contributed by atoms with van der Waals surface area (Å²) in [4.78, 5) is 14.9. The van der Waals surface area contributed by atoms with Crippen molar-refractivity contribution in [1.82, 2.24) is 14.6 Å². The molecule has 0 saturated heterocycles. The van der Waals surface area contributed by atoms with Crippen LogP contribution >= 0.6 is 0 Å². The number of carboxylic acid groups (broad SMARTS) is 1. The highest BCUT2D eigenvalue weighted by Crippen LogP contribution is 2.26. The molecule has 3 rings (SSSR count). The Hall–Kier alpha value is -2.11. The van der Waals surface area contributed by atoms with Gasteiger partial charge in [-0.1, -0.05) is 6.42 Å². The van der Waals surface area contributed by atoms with Crippen molar-refractivity contribution in [3.63, 3.8) is 0 Å². The Kier molecular flexibility index (Phi) is 3.06. The van der Waals surface area contributed by atoms with Crippen LogP contribution in [-0.4, -0.2) is 32.2 Å². The largest absolute Gasteiger partial charge is 0.481 e. The van der Waals surface area contributed by atoms with Gasteiger partial charge >= 0.3 is 5.97 Å². The molecule has 100 valence electrons. The Balaban J connectivity index is 1.73. The molecular weight excluding hydrogens is 244 g/mol. The Morgan fingerprint density at radius 1 is 1.47 bits per heavy atom. The number of anilines is 1. The molecule has 0 bridgehead atoms. The molecule has 1 aliphatic carbocycles. The molecule has 6 nitrogen and oxygen atoms in total. The van der Waals surface area contributed by atoms with Gasteiger partial charge in [0.05, 0.1) is 18.3 Å². The van der Waals surface area contributed by atoms with E-state index in [2.05, 4.69) is 15.4 Å². The Bertz CT molecular complexity index is 604. The second kappa shape index (κ2) is 4.87. The fourth-order valence-corrected chi connectivity index (χ4v) is 2.21. The van der Waals surface area contributed by atoms with E-state index in [0.29, 0.717) is 11.3 Å². The van der Waals surface area contributed by atoms with E-state index in [0.717, 1.165) is 18.3 Å². The molecule has 0 radical (unpaired) electrons. The average molecular weight is 260 g/mol. The molecule has 2 heterocycles. The molecule has 1 aliphatic rings. The number of carboxylic acids is 1. The van der Waals surface area contributed by atoms with Gasteiger partial charge < -0.3 is 10.4 Å². The Labute approximate surface area is 110 Å². The molecule has 2 aromatic rings. The minimum Gasteiger partial charge on any atom is -0.481 e. The smallest absolute Gasteiger partial charge is 0.309 e. The number of aliphatic carboxylic acids is 1. The van der Waals surface area contributed by atoms with E-state index >= 15 is 0 Å². The highest BCUT2D eigenvalue weighted by atomic mass is 16.4. The van der Waals surface area contributed by atoms with Crippen LogP contribution in [0.1, 0.15) is 25.0 Å². The average Bonchev–Trinajstić information content (AvgIpc) is 2.67. The van der Waals surface area contributed by atoms with Crippen LogP contribution in [0.3, 0.4) is 0 Å². The van der Waals surface area contributed by atoms with Gasteiger partial charge in [0.1, 0.15) is 5.82 Å². The van der Waals surface area contributed by atoms with Crippen molar-refractivity contribution < 1.29 is 9.90 Å². The van der Waals surface area contributed by atoms with Crippen molar-refractivity contribution in [2.75, 3.05) is 11.9 Å². The maximum atomic E-state index is 10.6. The van der Waals surface area contributed by atoms with Crippen LogP contribution in [-0.2, 0) is 11.2 Å². The summed E-state index contributed by atoms with van der Waals surface area (Å²) in [7, 11) is 0. The number of hydrogen-bond donors (Lipinski definition) is 2. The summed E-state index contributed by atoms with van der Waals surface area (Å²) in [6, 6.07) is 3.73. The zero-order valence-corrected chi connectivity index (χ0v) is 10.5. The van der Waals surface area contributed by atoms with E-state index in [1.165, 1.54) is 19.3 Å². The summed E-state index contributed by atoms with van der Waals surface area (Å²) in [6.07, 6.45) is 5.51. The highest BCUT2D eigenvalue weighted by molar-refractivity contribution is 5.69. The topological polar surface area (TPSA) is 79.5 Å². The number of rotatable bonds is 5. The maximum absolute atomic E-state index is 10.6. The minimum atomic E-state index is -0.883. The molecular formula is C13H16N4O2. The van der Waals surface area contributed by atoms with Gasteiger partial charge in [0.25, 0.3) is 0 Å². The third-order valence-corrected chi connectivity index (χ3v) is 3.50. The monoisotopic (exact) mass is 260 g/mol. The fraction of sp³-hybridized carbons (Fsp3) is 0.462. The Morgan fingerprint density at radius 3 is 3.00 bits per heavy atom. The summed E-state index contributed by atoms with van der Waals surface area (Å²) in [6.45, 7) is 0.954. The molecule has 6 heteroatoms. The number of aromatic nitrogens is 3. The molecule has 0 spiro atoms. The summed E-state index contributed by atoms with van der Waals surface area (Å²) < 4.78 is 1.63. The van der Waals surface area contributed by atoms with Crippen LogP contribution in [0.2, 0.25) is 0 Å². The van der Waals surface area contributed by atoms with Gasteiger partial charge in [-0.15, -0.1) is 5.10 Å². The first kappa shape index (κ1) is 12.0. The summed E-state index contributed by atoms with van der Waals surface area (Å²) in [5.74, 6) is 0.688. The number of nitrogens with one attached hydrogen (secondary N) is 1. The van der Waals surface area contributed by atoms with Crippen molar-refractivity contribution >= 4 is 17.4 Å². The number of hydrogen-bond acceptors (Lipinski definition) is 4. The molecule has 19 heavy (non-hydrogen) atoms. The predicted molar refractivity (Wildman–Crippen MR) is 70.2 cm³/mol. The molecule has 0 aromatic carbocycles. The molecule has 2 N–H and O–H groups in total. The van der Waals surface area contributed by atoms with Gasteiger partial charge in [-0.3, -0.25) is 4.79 Å². The van der Waals surface area contributed by atoms with Crippen molar-refractivity contribution in [1.29, 1.82) is 0 Å². The van der Waals surface area contributed by atoms with Crippen molar-refractivity contribution in [2.24, 2.45) is 5.92 Å². The third-order valence-electron chi connectivity index (χ3n) is 3.50. The first-order valence-electron chi connectivity index (χ1n) is 6.52. The molecule has 0 amide bonds. The number of fused-ring (bicyclic) bond motifs is 1. The van der Waals surface area contributed by atoms with Crippen molar-refractivity contribution in [2.45, 2.75) is 25.7 Å². The summed E-state index contributed by atoms with van der Waals surface area (Å²) in [5.41, 5.74) is 1.20. The van der Waals surface area contributed by atoms with E-state index in [-0.39, 0.29) is 6.42 Å². The van der Waals surface area contributed by atoms with E-state index in [4.69, 9.17) is 5.11 Å². The molecule has 0 unspecified atom stereocenters. The predicted octanol–water partition coefficient (Wildman–Crippen LogP) is 1.57. The van der Waals surface area contributed by atoms with Gasteiger partial charge in [-0.25, -0.2) is 9.50 Å². The molecule has 0 aliphatic heterocycles. The lowest BCUT2D eigenvalue weighted by molar-refractivity contribution is -0.136. The highest BCUT2D eigenvalue weighted by Gasteiger charge is 2.17. The number of carbonyl (C=O) groups is 1. The van der Waals surface area contributed by atoms with E-state index in [9.17, 15) is 4.79 Å². The first-order valence-corrected chi connectivity index (χ1v) is 6.52. The lowest BCUT2D eigenvalue weighted by Gasteiger charge is -2.25. The molecule has 2 aromatic heterocycles. The standard InChI is InChI=1S/C13H16N4O2/c18-13(19)6-10-8-17-12(15-10)5-4-11(16-17)14-7-9-2-1-3-9/h4-5,8-9H,1-3,6-7H2,(H,14,16)(H,18,19). The maximum Gasteiger partial charge on any atom is 0.309 e. The second-order valence-electron chi connectivity index (χ2n) is 5.00. The van der Waals surface area contributed by atoms with Crippen LogP contribution in [0.4, 0.5) is 5.82 Å². The third kappa shape index (κ3) is 2.67. The fourth-order valence-electron chi connectivity index (χ4n) is 2.21. The van der Waals surface area contributed by atoms with Crippen LogP contribution in [0.5, 0.6) is 0 Å². The van der Waals surface area contributed by atoms with Gasteiger partial charge in [-0.05, 0) is 30.9 Å². The lowest BCUT2D eigenvalue weighted by Crippen LogP contribution is -2.21. The molecule has 1 fully saturated rings. The van der Waals surface area contributed by atoms with Crippen LogP contribution in [0.25, 0.3) is 5.65 Å². The SMILES string of the molecule is O=C(O)Cc1cn2nc(NCC3CCC3)ccc2n1. The van der Waals surface area contributed by atoms with Crippen molar-refractivity contribution in [3.05, 3.63) is 24.0 Å². The van der Waals surface area contributed by atoms with Crippen LogP contribution in [0, 0.1) is 5.92 Å². The van der Waals surface area contributed by atoms with Gasteiger partial charge in [-0.2, -0.15) is 0 Å². The quantitative estimate of drug-likeness (QED) is 0.853. The zero-order valence-electron chi connectivity index (χ0n) is 10.5. The van der Waals surface area contributed by atoms with E-state index in [1.54, 1.807) is 10.7 Å². The van der Waals surface area contributed by atoms with Gasteiger partial charge in [0, 0.05) is 6.54 Å². The number of nitrogens with zero attached hydrogens (tertiary/aromatic N) is 3. The lowest BCUT2D eigenvalue weighted by atomic mass is 9.85. The van der Waals surface area contributed by atoms with Crippen LogP contribution < -0.4 is 5.32 Å². The van der Waals surface area contributed by atoms with E-state index < -0.39 is 5.97 Å². The molecule has 0 atom stereocenters. The van der Waals surface area contributed by atoms with Crippen molar-refractivity contribution in [3.8, 4) is 0 Å². The van der Waals surface area contributed by atoms with Gasteiger partial charge in [0.15, 0.2) is 5.65 Å². The summed E-state index contributed by atoms with van der Waals surface area (Å²) >= 11 is 0. The second-order valence-corrected chi connectivity index (χ2v) is 5.00. The van der Waals surface area contributed by atoms with Crippen LogP contribution in [0.15, 0.2) is 18.3 Å². The first-order chi connectivity index (χ1) is 9.20. The molecule has 1 saturated carbocycles. The number of imidazole rings is 1. The van der Waals surface area contributed by atoms with E-state index in [1.807, 2.05) is 12.1 Å². The van der Waals surface area contributed by atoms with Gasteiger partial charge in [0.2, 0.25) is 0 Å². The Morgan fingerprint density at radius 2 is 2.32 bits per heavy atom. The summed E-state index contributed by atoms with van der Waals surface area (Å²) in [5, 5.41) is 16.4. The zero-order chi connectivity index (χ0) is 13.2.